The topological polar surface area (TPSA) is 79.3 Å². The second-order valence-corrected chi connectivity index (χ2v) is 5.67. The number of aromatic nitrogens is 2. The van der Waals surface area contributed by atoms with Gasteiger partial charge in [0.05, 0.1) is 11.6 Å². The first kappa shape index (κ1) is 17.9. The first-order chi connectivity index (χ1) is 12.6. The van der Waals surface area contributed by atoms with Crippen LogP contribution in [0.1, 0.15) is 0 Å². The maximum Gasteiger partial charge on any atom is 0.141 e. The zero-order valence-corrected chi connectivity index (χ0v) is 14.4. The Morgan fingerprint density at radius 3 is 2.27 bits per heavy atom. The molecule has 1 aromatic heterocycles. The van der Waals surface area contributed by atoms with Crippen LogP contribution < -0.4 is 15.4 Å². The van der Waals surface area contributed by atoms with Crippen molar-refractivity contribution in [3.05, 3.63) is 65.7 Å². The van der Waals surface area contributed by atoms with Crippen molar-refractivity contribution in [1.29, 1.82) is 0 Å². The van der Waals surface area contributed by atoms with Crippen LogP contribution in [0.4, 0.5) is 27.4 Å². The standard InChI is InChI=1S/C18H16ClFN4O2/c19-15-9-13(3-6-16(15)20)24-18-10-17(21-11-22-18)23-12-1-4-14(5-2-12)26-8-7-25/h1-6,9-11,25H,7-8H2,(H2,21,22,23,24). The summed E-state index contributed by atoms with van der Waals surface area (Å²) in [4.78, 5) is 8.30. The van der Waals surface area contributed by atoms with E-state index < -0.39 is 5.82 Å². The minimum absolute atomic E-state index is 0.0318. The normalized spacial score (nSPS) is 10.4. The van der Waals surface area contributed by atoms with Crippen molar-refractivity contribution in [2.24, 2.45) is 0 Å². The smallest absolute Gasteiger partial charge is 0.141 e. The number of benzene rings is 2. The van der Waals surface area contributed by atoms with Crippen molar-refractivity contribution in [1.82, 2.24) is 9.97 Å². The highest BCUT2D eigenvalue weighted by Gasteiger charge is 2.04. The molecule has 0 saturated heterocycles. The molecule has 0 saturated carbocycles. The summed E-state index contributed by atoms with van der Waals surface area (Å²) in [5.74, 6) is 1.31. The lowest BCUT2D eigenvalue weighted by Crippen LogP contribution is -2.01. The van der Waals surface area contributed by atoms with E-state index in [0.29, 0.717) is 23.1 Å². The molecule has 1 heterocycles. The minimum atomic E-state index is -0.478. The number of nitrogens with zero attached hydrogens (tertiary/aromatic N) is 2. The molecule has 26 heavy (non-hydrogen) atoms. The third kappa shape index (κ3) is 4.81. The highest BCUT2D eigenvalue weighted by Crippen LogP contribution is 2.24. The first-order valence-electron chi connectivity index (χ1n) is 7.79. The molecule has 0 radical (unpaired) electrons. The molecule has 0 fully saturated rings. The zero-order valence-electron chi connectivity index (χ0n) is 13.6. The quantitative estimate of drug-likeness (QED) is 0.577. The summed E-state index contributed by atoms with van der Waals surface area (Å²) in [6.07, 6.45) is 1.41. The van der Waals surface area contributed by atoms with Crippen LogP contribution in [0, 0.1) is 5.82 Å². The van der Waals surface area contributed by atoms with Crippen LogP contribution in [0.2, 0.25) is 5.02 Å². The number of rotatable bonds is 7. The predicted molar refractivity (Wildman–Crippen MR) is 99.0 cm³/mol. The Hall–Kier alpha value is -2.90. The second kappa shape index (κ2) is 8.46. The molecule has 3 aromatic rings. The van der Waals surface area contributed by atoms with E-state index in [9.17, 15) is 4.39 Å². The molecule has 0 atom stereocenters. The summed E-state index contributed by atoms with van der Waals surface area (Å²) in [6, 6.07) is 13.3. The van der Waals surface area contributed by atoms with Crippen LogP contribution in [0.15, 0.2) is 54.9 Å². The fourth-order valence-electron chi connectivity index (χ4n) is 2.16. The highest BCUT2D eigenvalue weighted by atomic mass is 35.5. The van der Waals surface area contributed by atoms with Gasteiger partial charge in [0.2, 0.25) is 0 Å². The average molecular weight is 375 g/mol. The maximum atomic E-state index is 13.2. The van der Waals surface area contributed by atoms with Gasteiger partial charge in [0.1, 0.15) is 36.1 Å². The number of aliphatic hydroxyl groups is 1. The average Bonchev–Trinajstić information content (AvgIpc) is 2.65. The number of halogens is 2. The first-order valence-corrected chi connectivity index (χ1v) is 8.17. The van der Waals surface area contributed by atoms with E-state index in [2.05, 4.69) is 20.6 Å². The van der Waals surface area contributed by atoms with Gasteiger partial charge >= 0.3 is 0 Å². The molecule has 0 aliphatic carbocycles. The molecule has 0 aliphatic heterocycles. The number of hydrogen-bond acceptors (Lipinski definition) is 6. The second-order valence-electron chi connectivity index (χ2n) is 5.26. The molecule has 3 N–H and O–H groups in total. The van der Waals surface area contributed by atoms with Gasteiger partial charge in [0.15, 0.2) is 0 Å². The summed E-state index contributed by atoms with van der Waals surface area (Å²) in [6.45, 7) is 0.219. The molecule has 3 rings (SSSR count). The lowest BCUT2D eigenvalue weighted by atomic mass is 10.3. The molecule has 0 unspecified atom stereocenters. The molecule has 0 bridgehead atoms. The zero-order chi connectivity index (χ0) is 18.4. The van der Waals surface area contributed by atoms with Crippen molar-refractivity contribution < 1.29 is 14.2 Å². The Balaban J connectivity index is 1.67. The Morgan fingerprint density at radius 2 is 1.62 bits per heavy atom. The highest BCUT2D eigenvalue weighted by molar-refractivity contribution is 6.31. The predicted octanol–water partition coefficient (Wildman–Crippen LogP) is 4.13. The molecular formula is C18H16ClFN4O2. The number of aliphatic hydroxyl groups excluding tert-OH is 1. The molecule has 8 heteroatoms. The summed E-state index contributed by atoms with van der Waals surface area (Å²) in [7, 11) is 0. The van der Waals surface area contributed by atoms with Gasteiger partial charge in [-0.2, -0.15) is 0 Å². The molecular weight excluding hydrogens is 359 g/mol. The SMILES string of the molecule is OCCOc1ccc(Nc2cc(Nc3ccc(F)c(Cl)c3)ncn2)cc1. The van der Waals surface area contributed by atoms with Crippen LogP contribution in [-0.4, -0.2) is 28.3 Å². The maximum absolute atomic E-state index is 13.2. The van der Waals surface area contributed by atoms with Crippen LogP contribution in [-0.2, 0) is 0 Å². The molecule has 0 aliphatic rings. The largest absolute Gasteiger partial charge is 0.491 e. The van der Waals surface area contributed by atoms with Gasteiger partial charge in [0, 0.05) is 17.4 Å². The van der Waals surface area contributed by atoms with Crippen molar-refractivity contribution in [2.45, 2.75) is 0 Å². The van der Waals surface area contributed by atoms with Gasteiger partial charge in [-0.25, -0.2) is 14.4 Å². The Labute approximate surface area is 154 Å². The van der Waals surface area contributed by atoms with Crippen LogP contribution in [0.25, 0.3) is 0 Å². The van der Waals surface area contributed by atoms with Gasteiger partial charge in [-0.1, -0.05) is 11.6 Å². The van der Waals surface area contributed by atoms with E-state index in [4.69, 9.17) is 21.4 Å². The Kier molecular flexibility index (Phi) is 5.83. The number of nitrogens with one attached hydrogen (secondary N) is 2. The van der Waals surface area contributed by atoms with Crippen molar-refractivity contribution in [3.8, 4) is 5.75 Å². The number of hydrogen-bond donors (Lipinski definition) is 3. The molecule has 0 spiro atoms. The van der Waals surface area contributed by atoms with Gasteiger partial charge in [-0.05, 0) is 42.5 Å². The molecule has 6 nitrogen and oxygen atoms in total. The van der Waals surface area contributed by atoms with E-state index in [1.165, 1.54) is 18.5 Å². The van der Waals surface area contributed by atoms with E-state index in [1.807, 2.05) is 12.1 Å². The third-order valence-corrected chi connectivity index (χ3v) is 3.64. The van der Waals surface area contributed by atoms with E-state index in [0.717, 1.165) is 5.69 Å². The van der Waals surface area contributed by atoms with E-state index in [-0.39, 0.29) is 18.2 Å². The van der Waals surface area contributed by atoms with Gasteiger partial charge < -0.3 is 20.5 Å². The fraction of sp³-hybridized carbons (Fsp3) is 0.111. The van der Waals surface area contributed by atoms with Crippen LogP contribution in [0.3, 0.4) is 0 Å². The van der Waals surface area contributed by atoms with Crippen LogP contribution >= 0.6 is 11.6 Å². The summed E-state index contributed by atoms with van der Waals surface area (Å²) in [5, 5.41) is 15.0. The summed E-state index contributed by atoms with van der Waals surface area (Å²) in [5.41, 5.74) is 1.43. The third-order valence-electron chi connectivity index (χ3n) is 3.35. The van der Waals surface area contributed by atoms with Crippen molar-refractivity contribution in [3.63, 3.8) is 0 Å². The van der Waals surface area contributed by atoms with Crippen molar-refractivity contribution >= 4 is 34.6 Å². The Bertz CT molecular complexity index is 877. The minimum Gasteiger partial charge on any atom is -0.491 e. The van der Waals surface area contributed by atoms with Crippen LogP contribution in [0.5, 0.6) is 5.75 Å². The van der Waals surface area contributed by atoms with Gasteiger partial charge in [0.25, 0.3) is 0 Å². The lowest BCUT2D eigenvalue weighted by molar-refractivity contribution is 0.201. The molecule has 0 amide bonds. The number of ether oxygens (including phenoxy) is 1. The van der Waals surface area contributed by atoms with Gasteiger partial charge in [-0.15, -0.1) is 0 Å². The van der Waals surface area contributed by atoms with E-state index in [1.54, 1.807) is 24.3 Å². The van der Waals surface area contributed by atoms with Crippen molar-refractivity contribution in [2.75, 3.05) is 23.8 Å². The number of anilines is 4. The Morgan fingerprint density at radius 1 is 0.962 bits per heavy atom. The monoisotopic (exact) mass is 374 g/mol. The van der Waals surface area contributed by atoms with E-state index >= 15 is 0 Å². The summed E-state index contributed by atoms with van der Waals surface area (Å²) >= 11 is 5.78. The lowest BCUT2D eigenvalue weighted by Gasteiger charge is -2.10. The fourth-order valence-corrected chi connectivity index (χ4v) is 2.34. The van der Waals surface area contributed by atoms with Gasteiger partial charge in [-0.3, -0.25) is 0 Å². The molecule has 2 aromatic carbocycles. The molecule has 134 valence electrons. The summed E-state index contributed by atoms with van der Waals surface area (Å²) < 4.78 is 18.5.